The van der Waals surface area contributed by atoms with Gasteiger partial charge in [-0.2, -0.15) is 0 Å². The Morgan fingerprint density at radius 1 is 0.671 bits per heavy atom. The van der Waals surface area contributed by atoms with Crippen molar-refractivity contribution in [2.45, 2.75) is 127 Å². The fourth-order valence-electron chi connectivity index (χ4n) is 9.48. The lowest BCUT2D eigenvalue weighted by atomic mass is 9.95. The summed E-state index contributed by atoms with van der Waals surface area (Å²) in [6.45, 7) is 3.21. The van der Waals surface area contributed by atoms with Crippen molar-refractivity contribution in [2.24, 2.45) is 5.92 Å². The van der Waals surface area contributed by atoms with Gasteiger partial charge in [-0.15, -0.1) is 0 Å². The molecule has 0 radical (unpaired) electrons. The number of piperidine rings is 1. The van der Waals surface area contributed by atoms with Gasteiger partial charge in [0.05, 0.1) is 19.8 Å². The molecular formula is C60H71N6O15P. The summed E-state index contributed by atoms with van der Waals surface area (Å²) in [6, 6.07) is 31.4. The second kappa shape index (κ2) is 29.3. The number of nitrogens with zero attached hydrogens (tertiary/aromatic N) is 2. The van der Waals surface area contributed by atoms with E-state index in [1.54, 1.807) is 147 Å². The van der Waals surface area contributed by atoms with Crippen molar-refractivity contribution in [1.82, 2.24) is 31.1 Å². The number of phenols is 1. The summed E-state index contributed by atoms with van der Waals surface area (Å²) >= 11 is 0. The number of cyclic esters (lactones) is 1. The third-order valence-corrected chi connectivity index (χ3v) is 15.8. The van der Waals surface area contributed by atoms with Crippen molar-refractivity contribution in [3.05, 3.63) is 173 Å². The number of aliphatic hydroxyl groups is 2. The minimum Gasteiger partial charge on any atom is -0.508 e. The molecule has 7 rings (SSSR count). The van der Waals surface area contributed by atoms with Crippen molar-refractivity contribution in [3.8, 4) is 5.75 Å². The zero-order chi connectivity index (χ0) is 58.9. The average Bonchev–Trinajstić information content (AvgIpc) is 3.48. The number of carbonyl (C=O) groups excluding carboxylic acids is 7. The molecule has 5 aromatic rings. The van der Waals surface area contributed by atoms with Gasteiger partial charge in [0.1, 0.15) is 54.3 Å². The molecule has 2 aliphatic heterocycles. The van der Waals surface area contributed by atoms with Crippen LogP contribution in [0.4, 0.5) is 0 Å². The van der Waals surface area contributed by atoms with Gasteiger partial charge in [-0.3, -0.25) is 42.3 Å². The van der Waals surface area contributed by atoms with Crippen LogP contribution in [-0.2, 0) is 88.9 Å². The summed E-state index contributed by atoms with van der Waals surface area (Å²) in [5, 5.41) is 43.8. The van der Waals surface area contributed by atoms with E-state index in [9.17, 15) is 48.7 Å². The highest BCUT2D eigenvalue weighted by Crippen LogP contribution is 2.51. The van der Waals surface area contributed by atoms with Crippen LogP contribution in [0, 0.1) is 5.92 Å². The molecule has 0 spiro atoms. The van der Waals surface area contributed by atoms with Gasteiger partial charge in [-0.05, 0) is 65.6 Å². The third-order valence-electron chi connectivity index (χ3n) is 14.5. The first-order chi connectivity index (χ1) is 39.3. The van der Waals surface area contributed by atoms with E-state index in [2.05, 4.69) is 21.3 Å². The number of phenolic OH excluding ortho intramolecular Hbond substituents is 1. The molecular weight excluding hydrogens is 1080 g/mol. The first-order valence-corrected chi connectivity index (χ1v) is 28.6. The number of esters is 1. The van der Waals surface area contributed by atoms with E-state index in [0.717, 1.165) is 9.80 Å². The number of hydrogen-bond donors (Lipinski definition) is 7. The summed E-state index contributed by atoms with van der Waals surface area (Å²) in [5.41, 5.74) is 2.86. The maximum Gasteiger partial charge on any atom is 0.475 e. The zero-order valence-corrected chi connectivity index (χ0v) is 47.0. The lowest BCUT2D eigenvalue weighted by Gasteiger charge is -2.43. The molecule has 5 aromatic carbocycles. The van der Waals surface area contributed by atoms with Crippen LogP contribution in [0.15, 0.2) is 146 Å². The molecule has 21 nitrogen and oxygen atoms in total. The average molecular weight is 1150 g/mol. The molecule has 82 heavy (non-hydrogen) atoms. The number of aliphatic hydroxyl groups excluding tert-OH is 2. The summed E-state index contributed by atoms with van der Waals surface area (Å²) in [5.74, 6) is -7.48. The number of phosphoric ester groups is 1. The van der Waals surface area contributed by atoms with Gasteiger partial charge < -0.3 is 51.1 Å². The molecule has 2 bridgehead atoms. The number of nitrogens with one attached hydrogen (secondary N) is 4. The first-order valence-electron chi connectivity index (χ1n) is 27.2. The number of ether oxygens (including phenoxy) is 1. The number of likely N-dealkylation sites (N-methyl/N-ethyl adjacent to an activating group) is 1. The van der Waals surface area contributed by atoms with Crippen LogP contribution in [0.2, 0.25) is 0 Å². The smallest absolute Gasteiger partial charge is 0.475 e. The van der Waals surface area contributed by atoms with Gasteiger partial charge in [0, 0.05) is 26.3 Å². The number of carbonyl (C=O) groups is 7. The normalized spacial score (nSPS) is 23.2. The first kappa shape index (κ1) is 61.8. The SMILES string of the molecule is CC[C@H](C)[C@@H]1NC(=O)[C@H](Cc2ccc(O)cc2)N(C)C(=O)C(Cc2ccccc2)N2C(=O)[C@H](CC[C@H]2O)NC(=O)C(Cc2ccccc2)NC(=O)C(NC(=O)[C@@H](O)COP(=O)(OCc2ccccc2)OCc2ccccc2)[C@@H](C)OC1=O. The topological polar surface area (TPSA) is 289 Å². The number of aromatic hydroxyl groups is 1. The van der Waals surface area contributed by atoms with Crippen LogP contribution in [0.25, 0.3) is 0 Å². The van der Waals surface area contributed by atoms with E-state index < -0.39 is 116 Å². The Hall–Kier alpha value is -7.78. The number of phosphoric acid groups is 1. The third kappa shape index (κ3) is 16.9. The van der Waals surface area contributed by atoms with Crippen LogP contribution < -0.4 is 21.3 Å². The van der Waals surface area contributed by atoms with E-state index in [1.807, 2.05) is 0 Å². The summed E-state index contributed by atoms with van der Waals surface area (Å²) in [4.78, 5) is 106. The molecule has 0 saturated carbocycles. The molecule has 6 amide bonds. The molecule has 10 atom stereocenters. The van der Waals surface area contributed by atoms with Crippen molar-refractivity contribution < 1.29 is 71.8 Å². The van der Waals surface area contributed by atoms with Crippen molar-refractivity contribution in [2.75, 3.05) is 13.7 Å². The number of hydrogen-bond acceptors (Lipinski definition) is 15. The summed E-state index contributed by atoms with van der Waals surface area (Å²) in [6.07, 6.45) is -5.72. The Bertz CT molecular complexity index is 2950. The Morgan fingerprint density at radius 3 is 1.73 bits per heavy atom. The lowest BCUT2D eigenvalue weighted by Crippen LogP contribution is -2.65. The number of fused-ring (bicyclic) bond motifs is 2. The molecule has 2 aliphatic rings. The molecule has 7 N–H and O–H groups in total. The minimum absolute atomic E-state index is 0.0644. The summed E-state index contributed by atoms with van der Waals surface area (Å²) < 4.78 is 36.9. The Labute approximate surface area is 476 Å². The van der Waals surface area contributed by atoms with Gasteiger partial charge in [0.25, 0.3) is 5.91 Å². The monoisotopic (exact) mass is 1150 g/mol. The molecule has 22 heteroatoms. The van der Waals surface area contributed by atoms with Crippen LogP contribution in [0.5, 0.6) is 5.75 Å². The second-order valence-electron chi connectivity index (χ2n) is 20.4. The zero-order valence-electron chi connectivity index (χ0n) is 46.1. The van der Waals surface area contributed by atoms with E-state index in [4.69, 9.17) is 18.3 Å². The molecule has 0 aliphatic carbocycles. The number of benzene rings is 5. The fraction of sp³-hybridized carbons (Fsp3) is 0.383. The lowest BCUT2D eigenvalue weighted by molar-refractivity contribution is -0.165. The highest BCUT2D eigenvalue weighted by atomic mass is 31.2. The molecule has 3 unspecified atom stereocenters. The highest BCUT2D eigenvalue weighted by molar-refractivity contribution is 7.48. The molecule has 436 valence electrons. The fourth-order valence-corrected chi connectivity index (χ4v) is 10.6. The van der Waals surface area contributed by atoms with E-state index >= 15 is 4.79 Å². The van der Waals surface area contributed by atoms with Gasteiger partial charge in [0.2, 0.25) is 29.5 Å². The maximum atomic E-state index is 15.2. The van der Waals surface area contributed by atoms with Gasteiger partial charge in [-0.25, -0.2) is 9.36 Å². The van der Waals surface area contributed by atoms with Crippen molar-refractivity contribution in [3.63, 3.8) is 0 Å². The molecule has 2 heterocycles. The van der Waals surface area contributed by atoms with Crippen molar-refractivity contribution in [1.29, 1.82) is 0 Å². The van der Waals surface area contributed by atoms with Crippen LogP contribution in [0.3, 0.4) is 0 Å². The maximum absolute atomic E-state index is 15.2. The number of amides is 6. The summed E-state index contributed by atoms with van der Waals surface area (Å²) in [7, 11) is -3.20. The van der Waals surface area contributed by atoms with E-state index in [1.165, 1.54) is 26.1 Å². The predicted octanol–water partition coefficient (Wildman–Crippen LogP) is 4.41. The largest absolute Gasteiger partial charge is 0.508 e. The number of rotatable bonds is 19. The Balaban J connectivity index is 1.24. The van der Waals surface area contributed by atoms with E-state index in [-0.39, 0.29) is 57.5 Å². The second-order valence-corrected chi connectivity index (χ2v) is 22.1. The Morgan fingerprint density at radius 2 is 1.18 bits per heavy atom. The molecule has 0 aromatic heterocycles. The van der Waals surface area contributed by atoms with Crippen LogP contribution in [-0.4, -0.2) is 135 Å². The van der Waals surface area contributed by atoms with Gasteiger partial charge in [-0.1, -0.05) is 154 Å². The highest BCUT2D eigenvalue weighted by Gasteiger charge is 2.46. The standard InChI is InChI=1S/C60H71N6O15P/c1-5-38(2)52-60(76)81-39(3)53(64-56(72)50(68)37-80-82(77,78-35-43-22-14-8-15-23-43)79-36-44-24-16-9-17-25-44)57(73)62-47(32-40-18-10-6-11-19-40)54(70)61-46-30-31-51(69)66(58(46)74)49(34-41-20-12-7-13-21-41)59(75)65(4)48(55(71)63-52)33-42-26-28-45(67)29-27-42/h6-29,38-39,46-53,67-69H,5,30-37H2,1-4H3,(H,61,70)(H,62,73)(H,63,71)(H,64,72)/t38-,39+,46-,47?,48-,49?,50-,51+,52-,53?/m0/s1. The molecule has 2 saturated heterocycles. The van der Waals surface area contributed by atoms with Crippen LogP contribution in [0.1, 0.15) is 67.9 Å². The van der Waals surface area contributed by atoms with Crippen LogP contribution >= 0.6 is 7.82 Å². The molecule has 2 fully saturated rings. The Kier molecular flexibility index (Phi) is 22.1. The quantitative estimate of drug-likeness (QED) is 0.0446. The minimum atomic E-state index is -4.56. The van der Waals surface area contributed by atoms with Crippen molar-refractivity contribution >= 4 is 49.2 Å². The van der Waals surface area contributed by atoms with Gasteiger partial charge in [0.15, 0.2) is 6.10 Å². The van der Waals surface area contributed by atoms with E-state index in [0.29, 0.717) is 27.8 Å². The van der Waals surface area contributed by atoms with Gasteiger partial charge >= 0.3 is 13.8 Å². The predicted molar refractivity (Wildman–Crippen MR) is 299 cm³/mol.